The number of rotatable bonds is 66. The lowest BCUT2D eigenvalue weighted by Crippen LogP contribution is -2.59. The molecule has 47 nitrogen and oxygen atoms in total. The van der Waals surface area contributed by atoms with E-state index in [0.29, 0.717) is 50.0 Å². The van der Waals surface area contributed by atoms with Crippen molar-refractivity contribution in [2.75, 3.05) is 57.8 Å². The van der Waals surface area contributed by atoms with Crippen LogP contribution in [-0.4, -0.2) is 294 Å². The second-order valence-corrected chi connectivity index (χ2v) is 35.5. The number of carbonyl (C=O) groups excluding carboxylic acids is 18. The van der Waals surface area contributed by atoms with Gasteiger partial charge in [-0.15, -0.1) is 0 Å². The van der Waals surface area contributed by atoms with E-state index in [9.17, 15) is 101 Å². The number of thioether (sulfide) groups is 1. The van der Waals surface area contributed by atoms with E-state index < -0.39 is 247 Å². The summed E-state index contributed by atoms with van der Waals surface area (Å²) in [6.45, 7) is 15.0. The summed E-state index contributed by atoms with van der Waals surface area (Å²) in [6, 6.07) is -13.1. The summed E-state index contributed by atoms with van der Waals surface area (Å²) in [7, 11) is 0. The predicted octanol–water partition coefficient (Wildman–Crippen LogP) is -6.20. The van der Waals surface area contributed by atoms with Crippen molar-refractivity contribution >= 4 is 136 Å². The van der Waals surface area contributed by atoms with Gasteiger partial charge < -0.3 is 140 Å². The molecule has 1 aromatic rings. The molecule has 0 spiro atoms. The third-order valence-corrected chi connectivity index (χ3v) is 21.9. The van der Waals surface area contributed by atoms with Crippen LogP contribution in [0.3, 0.4) is 0 Å². The minimum atomic E-state index is -1.61. The van der Waals surface area contributed by atoms with Gasteiger partial charge in [-0.25, -0.2) is 4.79 Å². The highest BCUT2D eigenvalue weighted by Gasteiger charge is 2.41. The monoisotopic (exact) mass is 1910 g/mol. The number of aliphatic carboxylic acids is 2. The van der Waals surface area contributed by atoms with Crippen LogP contribution in [-0.2, 0) is 102 Å². The lowest BCUT2D eigenvalue weighted by molar-refractivity contribution is -0.142. The highest BCUT2D eigenvalue weighted by Crippen LogP contribution is 2.22. The molecule has 0 aliphatic carbocycles. The van der Waals surface area contributed by atoms with Crippen LogP contribution in [0.4, 0.5) is 0 Å². The smallest absolute Gasteiger partial charge is 0.326 e. The summed E-state index contributed by atoms with van der Waals surface area (Å²) in [5.74, 6) is -18.6. The van der Waals surface area contributed by atoms with Gasteiger partial charge in [0.25, 0.3) is 0 Å². The molecule has 18 amide bonds. The van der Waals surface area contributed by atoms with Gasteiger partial charge in [-0.05, 0) is 198 Å². The minimum absolute atomic E-state index is 0.000389. The van der Waals surface area contributed by atoms with Crippen LogP contribution in [0.15, 0.2) is 35.3 Å². The van der Waals surface area contributed by atoms with Gasteiger partial charge in [0.15, 0.2) is 5.96 Å². The maximum absolute atomic E-state index is 15.0. The number of amides is 18. The predicted molar refractivity (Wildman–Crippen MR) is 497 cm³/mol. The molecule has 2 rings (SSSR count). The number of hydrogen-bond acceptors (Lipinski definition) is 26. The number of carboxylic acids is 2. The number of hydrogen-bond donors (Lipinski definition) is 25. The fourth-order valence-corrected chi connectivity index (χ4v) is 14.4. The molecule has 48 heteroatoms. The number of nitrogens with zero attached hydrogens (tertiary/aromatic N) is 2. The Bertz CT molecular complexity index is 4090. The van der Waals surface area contributed by atoms with Crippen molar-refractivity contribution in [3.05, 3.63) is 35.9 Å². The lowest BCUT2D eigenvalue weighted by atomic mass is 10.0. The van der Waals surface area contributed by atoms with Crippen LogP contribution < -0.4 is 125 Å². The summed E-state index contributed by atoms with van der Waals surface area (Å²) in [5.41, 5.74) is 39.8. The quantitative estimate of drug-likeness (QED) is 0.0164. The third-order valence-electron chi connectivity index (χ3n) is 21.2. The van der Waals surface area contributed by atoms with E-state index in [2.05, 4.69) is 90.1 Å². The van der Waals surface area contributed by atoms with Gasteiger partial charge in [0, 0.05) is 25.9 Å². The number of unbranched alkanes of at least 4 members (excludes halogenated alkanes) is 3. The molecule has 754 valence electrons. The van der Waals surface area contributed by atoms with Crippen LogP contribution in [0, 0.1) is 17.8 Å². The Hall–Kier alpha value is -11.9. The van der Waals surface area contributed by atoms with Gasteiger partial charge in [-0.3, -0.25) is 96.1 Å². The van der Waals surface area contributed by atoms with E-state index in [1.807, 2.05) is 0 Å². The number of guanidine groups is 1. The van der Waals surface area contributed by atoms with Crippen LogP contribution in [0.2, 0.25) is 0 Å². The molecule has 1 aromatic carbocycles. The largest absolute Gasteiger partial charge is 0.481 e. The topological polar surface area (TPSA) is 772 Å². The first-order chi connectivity index (χ1) is 63.2. The van der Waals surface area contributed by atoms with Crippen molar-refractivity contribution in [1.82, 2.24) is 90.0 Å². The summed E-state index contributed by atoms with van der Waals surface area (Å²) in [4.78, 5) is 277. The van der Waals surface area contributed by atoms with Crippen LogP contribution in [0.25, 0.3) is 0 Å². The second-order valence-electron chi connectivity index (χ2n) is 34.5. The average molecular weight is 1920 g/mol. The number of nitrogens with two attached hydrogens (primary N) is 7. The van der Waals surface area contributed by atoms with Crippen molar-refractivity contribution in [3.8, 4) is 0 Å². The van der Waals surface area contributed by atoms with Crippen LogP contribution >= 0.6 is 11.8 Å². The molecular weight excluding hydrogens is 1770 g/mol. The summed E-state index contributed by atoms with van der Waals surface area (Å²) >= 11 is 1.35. The van der Waals surface area contributed by atoms with Gasteiger partial charge in [0.1, 0.15) is 90.6 Å². The number of nitrogens with one attached hydrogen (secondary N) is 16. The zero-order valence-corrected chi connectivity index (χ0v) is 79.6. The van der Waals surface area contributed by atoms with Crippen molar-refractivity contribution in [2.45, 2.75) is 301 Å². The van der Waals surface area contributed by atoms with E-state index in [4.69, 9.17) is 45.2 Å². The van der Waals surface area contributed by atoms with E-state index in [1.54, 1.807) is 78.1 Å². The van der Waals surface area contributed by atoms with Gasteiger partial charge in [-0.1, -0.05) is 71.9 Å². The van der Waals surface area contributed by atoms with Crippen molar-refractivity contribution in [3.63, 3.8) is 0 Å². The van der Waals surface area contributed by atoms with Crippen LogP contribution in [0.1, 0.15) is 203 Å². The average Bonchev–Trinajstić information content (AvgIpc) is 1.72. The second kappa shape index (κ2) is 63.3. The van der Waals surface area contributed by atoms with Gasteiger partial charge in [0.2, 0.25) is 106 Å². The number of primary amides is 1. The normalized spacial score (nSPS) is 15.7. The molecule has 1 saturated heterocycles. The maximum atomic E-state index is 15.0. The first-order valence-corrected chi connectivity index (χ1v) is 46.8. The summed E-state index contributed by atoms with van der Waals surface area (Å²) in [6.07, 6.45) is 3.04. The van der Waals surface area contributed by atoms with E-state index in [1.165, 1.54) is 44.4 Å². The van der Waals surface area contributed by atoms with Gasteiger partial charge >= 0.3 is 11.9 Å². The molecule has 1 heterocycles. The molecule has 1 fully saturated rings. The van der Waals surface area contributed by atoms with Crippen LogP contribution in [0.5, 0.6) is 0 Å². The molecule has 0 aromatic heterocycles. The molecule has 134 heavy (non-hydrogen) atoms. The fraction of sp³-hybridized carbons (Fsp3) is 0.686. The Morgan fingerprint density at radius 3 is 1.20 bits per heavy atom. The Morgan fingerprint density at radius 2 is 0.776 bits per heavy atom. The number of likely N-dealkylation sites (tertiary alicyclic amines) is 1. The zero-order chi connectivity index (χ0) is 101. The van der Waals surface area contributed by atoms with Crippen molar-refractivity contribution in [2.24, 2.45) is 62.9 Å². The first-order valence-electron chi connectivity index (χ1n) is 45.4. The van der Waals surface area contributed by atoms with Crippen molar-refractivity contribution < 1.29 is 106 Å². The highest BCUT2D eigenvalue weighted by atomic mass is 32.2. The molecule has 0 saturated carbocycles. The standard InChI is InChI=1S/C86H147N25O22S/c1-46(2)39-61(101-67(113)44-95-75(122)55(25-15-18-33-87)103-72(119)51(9)99-76(123)57(28-21-36-94-86(92)93)105-71(118)50(8)97-70(117)49(7)98-74(121)54(90)43-69(115)116)80(127)106-58(30-31-66(91)112)79(126)110-64(42-53-23-13-12-14-24-53)84(131)111-37-22-29-65(111)83(130)96-45-68(114)102-62(40-47(3)4)81(128)107-59(32-38-134-11)77(124)100-52(10)73(120)104-56(26-16-19-34-88)78(125)109-63(41-48(5)6)82(129)108-60(85(132)133)27-17-20-35-89/h12-14,23-24,46-52,54-65H,15-22,25-45,87-90H2,1-11H3,(H2,91,112)(H,95,122)(H,96,130)(H,97,117)(H,98,121)(H,99,123)(H,100,124)(H,101,113)(H,102,114)(H,103,119)(H,104,120)(H,105,118)(H,106,127)(H,107,128)(H,108,129)(H,109,125)(H,110,126)(H,115,116)(H,132,133)(H4,92,93,94)/t49-,50-,51-,52-,54-,55-,56-,57-,58-,59-,60-,61-,62-,63-,64-,65-/m0/s1. The molecule has 32 N–H and O–H groups in total. The number of carboxylic acid groups (broad SMARTS) is 2. The fourth-order valence-electron chi connectivity index (χ4n) is 13.9. The first kappa shape index (κ1) is 118. The van der Waals surface area contributed by atoms with E-state index >= 15 is 0 Å². The molecule has 1 aliphatic rings. The van der Waals surface area contributed by atoms with Gasteiger partial charge in [-0.2, -0.15) is 11.8 Å². The Kier molecular flexibility index (Phi) is 55.8. The zero-order valence-electron chi connectivity index (χ0n) is 78.8. The Morgan fingerprint density at radius 1 is 0.418 bits per heavy atom. The maximum Gasteiger partial charge on any atom is 0.326 e. The minimum Gasteiger partial charge on any atom is -0.481 e. The third kappa shape index (κ3) is 46.6. The Labute approximate surface area is 785 Å². The van der Waals surface area contributed by atoms with Gasteiger partial charge in [0.05, 0.1) is 25.6 Å². The number of aliphatic imine (C=N–C) groups is 1. The Balaban J connectivity index is 2.35. The molecule has 0 unspecified atom stereocenters. The number of carbonyl (C=O) groups is 20. The molecule has 0 bridgehead atoms. The van der Waals surface area contributed by atoms with E-state index in [0.717, 1.165) is 0 Å². The van der Waals surface area contributed by atoms with E-state index in [-0.39, 0.29) is 133 Å². The lowest BCUT2D eigenvalue weighted by Gasteiger charge is -2.30. The number of benzene rings is 1. The molecule has 16 atom stereocenters. The molecule has 1 aliphatic heterocycles. The molecular formula is C86H147N25O22S. The van der Waals surface area contributed by atoms with Crippen molar-refractivity contribution in [1.29, 1.82) is 0 Å². The summed E-state index contributed by atoms with van der Waals surface area (Å²) < 4.78 is 0. The highest BCUT2D eigenvalue weighted by molar-refractivity contribution is 7.98. The summed E-state index contributed by atoms with van der Waals surface area (Å²) in [5, 5.41) is 59.7. The SMILES string of the molecule is CSCC[C@H](NC(=O)[C@H](CC(C)C)NC(=O)CNC(=O)[C@@H]1CCCN1C(=O)[C@H](Cc1ccccc1)NC(=O)[C@H](CCC(N)=O)NC(=O)[C@H](CC(C)C)NC(=O)CNC(=O)[C@H](CCCCN)NC(=O)[C@H](C)NC(=O)[C@H](CCCN=C(N)N)NC(=O)[C@H](C)NC(=O)[C@H](C)NC(=O)[C@@H](N)CC(=O)O)C(=O)N[C@@H](C)C(=O)N[C@@H](CCCCN)C(=O)N[C@@H](CC(C)C)C(=O)N[C@@H](CCCCN)C(=O)O. The molecule has 0 radical (unpaired) electrons.